The van der Waals surface area contributed by atoms with Crippen molar-refractivity contribution in [3.63, 3.8) is 0 Å². The van der Waals surface area contributed by atoms with Crippen LogP contribution in [0.5, 0.6) is 5.75 Å². The van der Waals surface area contributed by atoms with Gasteiger partial charge in [0.2, 0.25) is 0 Å². The van der Waals surface area contributed by atoms with Gasteiger partial charge in [-0.05, 0) is 30.5 Å². The molecule has 0 aliphatic carbocycles. The molecular formula is C16H26FNO3. The van der Waals surface area contributed by atoms with Crippen molar-refractivity contribution >= 4 is 0 Å². The number of nitrogens with one attached hydrogen (secondary N) is 1. The van der Waals surface area contributed by atoms with Gasteiger partial charge in [-0.3, -0.25) is 0 Å². The van der Waals surface area contributed by atoms with Gasteiger partial charge in [-0.25, -0.2) is 4.39 Å². The van der Waals surface area contributed by atoms with Crippen LogP contribution >= 0.6 is 0 Å². The maximum Gasteiger partial charge on any atom is 0.127 e. The van der Waals surface area contributed by atoms with Crippen molar-refractivity contribution in [2.45, 2.75) is 32.9 Å². The summed E-state index contributed by atoms with van der Waals surface area (Å²) < 4.78 is 24.1. The van der Waals surface area contributed by atoms with Gasteiger partial charge in [0.25, 0.3) is 0 Å². The third-order valence-electron chi connectivity index (χ3n) is 3.52. The molecule has 0 spiro atoms. The lowest BCUT2D eigenvalue weighted by Crippen LogP contribution is -2.37. The van der Waals surface area contributed by atoms with E-state index in [1.165, 1.54) is 12.1 Å². The van der Waals surface area contributed by atoms with Gasteiger partial charge in [-0.1, -0.05) is 13.8 Å². The molecule has 5 heteroatoms. The van der Waals surface area contributed by atoms with Crippen LogP contribution in [-0.4, -0.2) is 37.6 Å². The molecule has 1 aromatic rings. The predicted molar refractivity (Wildman–Crippen MR) is 80.9 cm³/mol. The van der Waals surface area contributed by atoms with Gasteiger partial charge in [0.1, 0.15) is 18.2 Å². The molecule has 0 fully saturated rings. The fourth-order valence-electron chi connectivity index (χ4n) is 1.61. The first-order chi connectivity index (χ1) is 9.85. The third kappa shape index (κ3) is 6.42. The molecule has 0 aromatic heterocycles. The summed E-state index contributed by atoms with van der Waals surface area (Å²) in [5.74, 6) is 0.140. The lowest BCUT2D eigenvalue weighted by atomic mass is 9.94. The van der Waals surface area contributed by atoms with Crippen molar-refractivity contribution in [1.82, 2.24) is 5.32 Å². The molecule has 4 nitrogen and oxygen atoms in total. The molecular weight excluding hydrogens is 273 g/mol. The first-order valence-electron chi connectivity index (χ1n) is 7.19. The monoisotopic (exact) mass is 299 g/mol. The van der Waals surface area contributed by atoms with E-state index < -0.39 is 5.60 Å². The Hall–Kier alpha value is -1.17. The van der Waals surface area contributed by atoms with Crippen LogP contribution in [0.2, 0.25) is 0 Å². The van der Waals surface area contributed by atoms with E-state index in [1.54, 1.807) is 20.1 Å². The molecule has 1 unspecified atom stereocenters. The van der Waals surface area contributed by atoms with Crippen LogP contribution in [0.4, 0.5) is 4.39 Å². The van der Waals surface area contributed by atoms with E-state index in [4.69, 9.17) is 9.47 Å². The summed E-state index contributed by atoms with van der Waals surface area (Å²) in [5.41, 5.74) is -0.145. The Kier molecular flexibility index (Phi) is 7.08. The fourth-order valence-corrected chi connectivity index (χ4v) is 1.61. The number of benzene rings is 1. The zero-order chi connectivity index (χ0) is 15.9. The molecule has 1 aromatic carbocycles. The van der Waals surface area contributed by atoms with E-state index in [1.807, 2.05) is 13.8 Å². The molecule has 2 N–H and O–H groups in total. The van der Waals surface area contributed by atoms with Gasteiger partial charge in [-0.2, -0.15) is 0 Å². The Morgan fingerprint density at radius 3 is 2.67 bits per heavy atom. The molecule has 0 amide bonds. The lowest BCUT2D eigenvalue weighted by Gasteiger charge is -2.27. The minimum Gasteiger partial charge on any atom is -0.490 e. The van der Waals surface area contributed by atoms with E-state index in [-0.39, 0.29) is 18.3 Å². The van der Waals surface area contributed by atoms with Crippen molar-refractivity contribution in [1.29, 1.82) is 0 Å². The van der Waals surface area contributed by atoms with Crippen LogP contribution in [-0.2, 0) is 11.3 Å². The van der Waals surface area contributed by atoms with Crippen LogP contribution in [0, 0.1) is 11.7 Å². The molecule has 120 valence electrons. The summed E-state index contributed by atoms with van der Waals surface area (Å²) in [4.78, 5) is 0. The average molecular weight is 299 g/mol. The van der Waals surface area contributed by atoms with Gasteiger partial charge >= 0.3 is 0 Å². The first kappa shape index (κ1) is 17.9. The molecule has 0 aliphatic rings. The van der Waals surface area contributed by atoms with Gasteiger partial charge in [0.05, 0.1) is 12.2 Å². The van der Waals surface area contributed by atoms with E-state index in [2.05, 4.69) is 5.32 Å². The second kappa shape index (κ2) is 8.32. The highest BCUT2D eigenvalue weighted by Gasteiger charge is 2.25. The number of methoxy groups -OCH3 is 1. The van der Waals surface area contributed by atoms with Gasteiger partial charge in [0.15, 0.2) is 0 Å². The van der Waals surface area contributed by atoms with Gasteiger partial charge in [-0.15, -0.1) is 0 Å². The van der Waals surface area contributed by atoms with Crippen LogP contribution < -0.4 is 10.1 Å². The summed E-state index contributed by atoms with van der Waals surface area (Å²) in [7, 11) is 1.64. The molecule has 0 heterocycles. The number of aliphatic hydroxyl groups is 1. The molecule has 0 saturated carbocycles. The van der Waals surface area contributed by atoms with Crippen LogP contribution in [0.15, 0.2) is 18.2 Å². The van der Waals surface area contributed by atoms with Crippen molar-refractivity contribution in [2.75, 3.05) is 26.9 Å². The Morgan fingerprint density at radius 2 is 2.05 bits per heavy atom. The SMILES string of the molecule is COCCNCc1cc(F)cc(OCC(C)(O)C(C)C)c1. The van der Waals surface area contributed by atoms with Crippen LogP contribution in [0.3, 0.4) is 0 Å². The standard InChI is InChI=1S/C16H26FNO3/c1-12(2)16(3,19)11-21-15-8-13(7-14(17)9-15)10-18-5-6-20-4/h7-9,12,18-19H,5-6,10-11H2,1-4H3. The average Bonchev–Trinajstić information content (AvgIpc) is 2.41. The van der Waals surface area contributed by atoms with Crippen LogP contribution in [0.25, 0.3) is 0 Å². The molecule has 0 bridgehead atoms. The van der Waals surface area contributed by atoms with Crippen LogP contribution in [0.1, 0.15) is 26.3 Å². The summed E-state index contributed by atoms with van der Waals surface area (Å²) >= 11 is 0. The number of hydrogen-bond donors (Lipinski definition) is 2. The third-order valence-corrected chi connectivity index (χ3v) is 3.52. The van der Waals surface area contributed by atoms with E-state index >= 15 is 0 Å². The number of rotatable bonds is 9. The Balaban J connectivity index is 2.60. The Morgan fingerprint density at radius 1 is 1.33 bits per heavy atom. The summed E-state index contributed by atoms with van der Waals surface area (Å²) in [6, 6.07) is 4.57. The van der Waals surface area contributed by atoms with E-state index in [9.17, 15) is 9.50 Å². The second-order valence-electron chi connectivity index (χ2n) is 5.77. The number of hydrogen-bond acceptors (Lipinski definition) is 4. The normalized spacial score (nSPS) is 14.2. The lowest BCUT2D eigenvalue weighted by molar-refractivity contribution is -0.0267. The molecule has 1 rings (SSSR count). The highest BCUT2D eigenvalue weighted by Crippen LogP contribution is 2.21. The molecule has 21 heavy (non-hydrogen) atoms. The highest BCUT2D eigenvalue weighted by molar-refractivity contribution is 5.29. The quantitative estimate of drug-likeness (QED) is 0.687. The predicted octanol–water partition coefficient (Wildman–Crippen LogP) is 2.35. The zero-order valence-corrected chi connectivity index (χ0v) is 13.3. The highest BCUT2D eigenvalue weighted by atomic mass is 19.1. The van der Waals surface area contributed by atoms with Gasteiger partial charge in [0, 0.05) is 26.3 Å². The fraction of sp³-hybridized carbons (Fsp3) is 0.625. The largest absolute Gasteiger partial charge is 0.490 e. The maximum atomic E-state index is 13.6. The van der Waals surface area contributed by atoms with Gasteiger partial charge < -0.3 is 19.9 Å². The summed E-state index contributed by atoms with van der Waals surface area (Å²) in [6.07, 6.45) is 0. The van der Waals surface area contributed by atoms with E-state index in [0.29, 0.717) is 25.4 Å². The zero-order valence-electron chi connectivity index (χ0n) is 13.3. The topological polar surface area (TPSA) is 50.7 Å². The van der Waals surface area contributed by atoms with Crippen molar-refractivity contribution < 1.29 is 19.0 Å². The number of ether oxygens (including phenoxy) is 2. The Bertz CT molecular complexity index is 436. The molecule has 0 aliphatic heterocycles. The minimum atomic E-state index is -0.941. The number of halogens is 1. The Labute approximate surface area is 126 Å². The molecule has 0 radical (unpaired) electrons. The smallest absolute Gasteiger partial charge is 0.127 e. The van der Waals surface area contributed by atoms with Crippen molar-refractivity contribution in [3.05, 3.63) is 29.6 Å². The van der Waals surface area contributed by atoms with Crippen molar-refractivity contribution in [2.24, 2.45) is 5.92 Å². The summed E-state index contributed by atoms with van der Waals surface area (Å²) in [5, 5.41) is 13.3. The minimum absolute atomic E-state index is 0.0567. The summed E-state index contributed by atoms with van der Waals surface area (Å²) in [6.45, 7) is 7.52. The molecule has 0 saturated heterocycles. The maximum absolute atomic E-state index is 13.6. The first-order valence-corrected chi connectivity index (χ1v) is 7.19. The van der Waals surface area contributed by atoms with E-state index in [0.717, 1.165) is 5.56 Å². The second-order valence-corrected chi connectivity index (χ2v) is 5.77. The molecule has 1 atom stereocenters. The van der Waals surface area contributed by atoms with Crippen molar-refractivity contribution in [3.8, 4) is 5.75 Å².